The highest BCUT2D eigenvalue weighted by atomic mass is 32.1. The van der Waals surface area contributed by atoms with E-state index in [2.05, 4.69) is 25.6 Å². The molecule has 0 aliphatic rings. The summed E-state index contributed by atoms with van der Waals surface area (Å²) in [5.74, 6) is -0.0377. The van der Waals surface area contributed by atoms with Gasteiger partial charge in [-0.05, 0) is 24.3 Å². The molecule has 0 aliphatic carbocycles. The van der Waals surface area contributed by atoms with Crippen molar-refractivity contribution in [2.75, 3.05) is 10.6 Å². The van der Waals surface area contributed by atoms with E-state index in [9.17, 15) is 9.59 Å². The minimum atomic E-state index is -0.666. The number of thiazole rings is 1. The first kappa shape index (κ1) is 15.6. The van der Waals surface area contributed by atoms with Crippen LogP contribution < -0.4 is 16.4 Å². The summed E-state index contributed by atoms with van der Waals surface area (Å²) in [7, 11) is 0. The molecule has 0 unspecified atom stereocenters. The van der Waals surface area contributed by atoms with Crippen LogP contribution in [0, 0.1) is 0 Å². The molecule has 9 heteroatoms. The number of carbonyl (C=O) groups excluding carboxylic acids is 2. The van der Waals surface area contributed by atoms with Crippen molar-refractivity contribution in [1.29, 1.82) is 0 Å². The molecule has 0 aliphatic heterocycles. The van der Waals surface area contributed by atoms with Crippen molar-refractivity contribution >= 4 is 34.9 Å². The highest BCUT2D eigenvalue weighted by Crippen LogP contribution is 2.25. The summed E-state index contributed by atoms with van der Waals surface area (Å²) in [5.41, 5.74) is 6.14. The molecule has 4 N–H and O–H groups in total. The smallest absolute Gasteiger partial charge is 0.326 e. The number of carbonyl (C=O) groups is 2. The molecule has 120 valence electrons. The Labute approximate surface area is 140 Å². The number of aromatic nitrogens is 3. The van der Waals surface area contributed by atoms with Crippen LogP contribution in [0.25, 0.3) is 10.6 Å². The Morgan fingerprint density at radius 1 is 1.00 bits per heavy atom. The number of hydrogen-bond acceptors (Lipinski definition) is 6. The number of nitrogens with one attached hydrogen (secondary N) is 2. The Morgan fingerprint density at radius 3 is 2.50 bits per heavy atom. The molecular formula is C15H12N6O2S. The third-order valence-electron chi connectivity index (χ3n) is 2.92. The van der Waals surface area contributed by atoms with Crippen LogP contribution in [0.2, 0.25) is 0 Å². The van der Waals surface area contributed by atoms with E-state index in [1.165, 1.54) is 17.4 Å². The first-order valence-corrected chi connectivity index (χ1v) is 7.70. The van der Waals surface area contributed by atoms with Crippen LogP contribution in [0.4, 0.5) is 16.4 Å². The minimum Gasteiger partial charge on any atom is -0.364 e. The van der Waals surface area contributed by atoms with E-state index < -0.39 is 11.9 Å². The van der Waals surface area contributed by atoms with Gasteiger partial charge in [0.05, 0.1) is 0 Å². The van der Waals surface area contributed by atoms with Gasteiger partial charge in [0.2, 0.25) is 0 Å². The summed E-state index contributed by atoms with van der Waals surface area (Å²) in [6.07, 6.45) is 3.35. The highest BCUT2D eigenvalue weighted by Gasteiger charge is 2.09. The van der Waals surface area contributed by atoms with E-state index in [4.69, 9.17) is 5.73 Å². The van der Waals surface area contributed by atoms with Crippen LogP contribution in [-0.2, 0) is 0 Å². The Morgan fingerprint density at radius 2 is 1.75 bits per heavy atom. The zero-order valence-corrected chi connectivity index (χ0v) is 13.1. The molecule has 0 spiro atoms. The largest absolute Gasteiger partial charge is 0.364 e. The highest BCUT2D eigenvalue weighted by molar-refractivity contribution is 7.13. The van der Waals surface area contributed by atoms with Crippen LogP contribution in [-0.4, -0.2) is 26.9 Å². The first-order valence-electron chi connectivity index (χ1n) is 6.82. The van der Waals surface area contributed by atoms with Crippen molar-refractivity contribution in [2.45, 2.75) is 0 Å². The molecule has 0 atom stereocenters. The normalized spacial score (nSPS) is 10.2. The Hall–Kier alpha value is -3.33. The average Bonchev–Trinajstić information content (AvgIpc) is 3.04. The molecule has 0 fully saturated rings. The Bertz CT molecular complexity index is 880. The van der Waals surface area contributed by atoms with Gasteiger partial charge in [-0.25, -0.2) is 14.8 Å². The molecule has 3 heterocycles. The molecule has 0 saturated heterocycles. The molecule has 0 radical (unpaired) electrons. The fourth-order valence-electron chi connectivity index (χ4n) is 1.86. The minimum absolute atomic E-state index is 0.0708. The lowest BCUT2D eigenvalue weighted by Gasteiger charge is -2.05. The quantitative estimate of drug-likeness (QED) is 0.672. The zero-order valence-electron chi connectivity index (χ0n) is 12.3. The van der Waals surface area contributed by atoms with Crippen molar-refractivity contribution in [3.05, 3.63) is 53.8 Å². The van der Waals surface area contributed by atoms with Crippen molar-refractivity contribution in [3.8, 4) is 10.6 Å². The fourth-order valence-corrected chi connectivity index (χ4v) is 2.62. The summed E-state index contributed by atoms with van der Waals surface area (Å²) in [6.45, 7) is 0. The topological polar surface area (TPSA) is 123 Å². The van der Waals surface area contributed by atoms with Crippen molar-refractivity contribution in [1.82, 2.24) is 15.0 Å². The van der Waals surface area contributed by atoms with E-state index in [0.717, 1.165) is 10.6 Å². The molecule has 0 saturated carbocycles. The second-order valence-corrected chi connectivity index (χ2v) is 5.48. The number of pyridine rings is 2. The van der Waals surface area contributed by atoms with E-state index in [1.807, 2.05) is 12.1 Å². The molecule has 0 aromatic carbocycles. The third-order valence-corrected chi connectivity index (χ3v) is 3.81. The number of anilines is 2. The Balaban J connectivity index is 1.66. The monoisotopic (exact) mass is 340 g/mol. The lowest BCUT2D eigenvalue weighted by Crippen LogP contribution is -2.21. The predicted octanol–water partition coefficient (Wildman–Crippen LogP) is 2.34. The molecule has 3 amide bonds. The number of amides is 3. The van der Waals surface area contributed by atoms with Gasteiger partial charge in [-0.1, -0.05) is 6.07 Å². The van der Waals surface area contributed by atoms with Gasteiger partial charge in [-0.2, -0.15) is 0 Å². The van der Waals surface area contributed by atoms with Crippen LogP contribution in [0.15, 0.2) is 48.1 Å². The number of nitrogens with zero attached hydrogens (tertiary/aromatic N) is 3. The number of rotatable bonds is 4. The van der Waals surface area contributed by atoms with Gasteiger partial charge >= 0.3 is 6.03 Å². The maximum absolute atomic E-state index is 12.0. The maximum atomic E-state index is 12.0. The van der Waals surface area contributed by atoms with E-state index in [0.29, 0.717) is 5.82 Å². The maximum Gasteiger partial charge on any atom is 0.326 e. The van der Waals surface area contributed by atoms with Crippen LogP contribution in [0.1, 0.15) is 10.5 Å². The SMILES string of the molecule is NC(=O)c1cccc(NC(=O)Nc2csc(-c3ccncc3)n2)n1. The summed E-state index contributed by atoms with van der Waals surface area (Å²) >= 11 is 1.40. The van der Waals surface area contributed by atoms with Gasteiger partial charge < -0.3 is 5.73 Å². The zero-order chi connectivity index (χ0) is 16.9. The molecule has 8 nitrogen and oxygen atoms in total. The second-order valence-electron chi connectivity index (χ2n) is 4.63. The van der Waals surface area contributed by atoms with Gasteiger partial charge in [0.15, 0.2) is 0 Å². The van der Waals surface area contributed by atoms with Gasteiger partial charge in [0, 0.05) is 23.3 Å². The fraction of sp³-hybridized carbons (Fsp3) is 0. The average molecular weight is 340 g/mol. The molecule has 0 bridgehead atoms. The predicted molar refractivity (Wildman–Crippen MR) is 90.7 cm³/mol. The van der Waals surface area contributed by atoms with E-state index in [1.54, 1.807) is 29.9 Å². The summed E-state index contributed by atoms with van der Waals surface area (Å²) in [4.78, 5) is 35.3. The molecule has 3 aromatic rings. The van der Waals surface area contributed by atoms with E-state index in [-0.39, 0.29) is 11.5 Å². The Kier molecular flexibility index (Phi) is 4.43. The van der Waals surface area contributed by atoms with Gasteiger partial charge in [-0.3, -0.25) is 20.4 Å². The summed E-state index contributed by atoms with van der Waals surface area (Å²) < 4.78 is 0. The van der Waals surface area contributed by atoms with Crippen LogP contribution in [0.3, 0.4) is 0 Å². The number of primary amides is 1. The number of hydrogen-bond donors (Lipinski definition) is 3. The number of nitrogens with two attached hydrogens (primary N) is 1. The van der Waals surface area contributed by atoms with E-state index >= 15 is 0 Å². The van der Waals surface area contributed by atoms with Gasteiger partial charge in [0.1, 0.15) is 22.3 Å². The van der Waals surface area contributed by atoms with Gasteiger partial charge in [0.25, 0.3) is 5.91 Å². The molecule has 3 rings (SSSR count). The summed E-state index contributed by atoms with van der Waals surface area (Å²) in [5, 5.41) is 7.62. The first-order chi connectivity index (χ1) is 11.6. The standard InChI is InChI=1S/C15H12N6O2S/c16-13(22)10-2-1-3-11(18-10)20-15(23)21-12-8-24-14(19-12)9-4-6-17-7-5-9/h1-8H,(H2,16,22)(H2,18,20,21,23). The van der Waals surface area contributed by atoms with Crippen molar-refractivity contribution in [3.63, 3.8) is 0 Å². The van der Waals surface area contributed by atoms with Crippen molar-refractivity contribution < 1.29 is 9.59 Å². The van der Waals surface area contributed by atoms with Crippen molar-refractivity contribution in [2.24, 2.45) is 5.73 Å². The lowest BCUT2D eigenvalue weighted by atomic mass is 10.3. The van der Waals surface area contributed by atoms with Crippen LogP contribution in [0.5, 0.6) is 0 Å². The lowest BCUT2D eigenvalue weighted by molar-refractivity contribution is 0.0995. The number of urea groups is 1. The molecular weight excluding hydrogens is 328 g/mol. The second kappa shape index (κ2) is 6.84. The third kappa shape index (κ3) is 3.70. The summed E-state index contributed by atoms with van der Waals surface area (Å²) in [6, 6.07) is 7.75. The molecule has 24 heavy (non-hydrogen) atoms. The molecule has 3 aromatic heterocycles. The van der Waals surface area contributed by atoms with Crippen LogP contribution >= 0.6 is 11.3 Å². The van der Waals surface area contributed by atoms with Gasteiger partial charge in [-0.15, -0.1) is 11.3 Å².